The zero-order valence-electron chi connectivity index (χ0n) is 17.8. The summed E-state index contributed by atoms with van der Waals surface area (Å²) in [7, 11) is 2.14. The van der Waals surface area contributed by atoms with Crippen molar-refractivity contribution >= 4 is 0 Å². The number of nitrogens with zero attached hydrogens (tertiary/aromatic N) is 2. The predicted octanol–water partition coefficient (Wildman–Crippen LogP) is 4.26. The third-order valence-electron chi connectivity index (χ3n) is 4.90. The van der Waals surface area contributed by atoms with Gasteiger partial charge in [-0.05, 0) is 62.0 Å². The highest BCUT2D eigenvalue weighted by molar-refractivity contribution is 5.63. The van der Waals surface area contributed by atoms with Crippen molar-refractivity contribution in [1.82, 2.24) is 15.1 Å². The van der Waals surface area contributed by atoms with Crippen LogP contribution in [0.1, 0.15) is 30.9 Å². The highest BCUT2D eigenvalue weighted by atomic mass is 16.5. The SMILES string of the molecule is CCCCN(C)Cc1cn[nH]c1-c1ccc(OCCOc2cccc(CO)c2)cc1. The van der Waals surface area contributed by atoms with Crippen LogP contribution in [0.15, 0.2) is 54.7 Å². The summed E-state index contributed by atoms with van der Waals surface area (Å²) in [6, 6.07) is 15.4. The Hall–Kier alpha value is -2.83. The van der Waals surface area contributed by atoms with Crippen LogP contribution in [-0.4, -0.2) is 47.0 Å². The number of nitrogens with one attached hydrogen (secondary N) is 1. The molecule has 0 bridgehead atoms. The Labute approximate surface area is 178 Å². The molecule has 0 amide bonds. The Morgan fingerprint density at radius 1 is 1.03 bits per heavy atom. The second kappa shape index (κ2) is 11.4. The molecule has 0 aliphatic rings. The van der Waals surface area contributed by atoms with Gasteiger partial charge in [0.2, 0.25) is 0 Å². The number of hydrogen-bond acceptors (Lipinski definition) is 5. The van der Waals surface area contributed by atoms with E-state index in [0.717, 1.165) is 41.4 Å². The van der Waals surface area contributed by atoms with Crippen molar-refractivity contribution in [1.29, 1.82) is 0 Å². The molecule has 0 spiro atoms. The first kappa shape index (κ1) is 21.9. The molecule has 2 aromatic carbocycles. The number of aromatic nitrogens is 2. The molecule has 1 aromatic heterocycles. The second-order valence-corrected chi connectivity index (χ2v) is 7.39. The van der Waals surface area contributed by atoms with Gasteiger partial charge in [0.15, 0.2) is 0 Å². The number of aliphatic hydroxyl groups excluding tert-OH is 1. The van der Waals surface area contributed by atoms with Gasteiger partial charge in [-0.3, -0.25) is 5.10 Å². The molecule has 0 saturated carbocycles. The second-order valence-electron chi connectivity index (χ2n) is 7.39. The highest BCUT2D eigenvalue weighted by Gasteiger charge is 2.10. The summed E-state index contributed by atoms with van der Waals surface area (Å²) in [6.45, 7) is 5.06. The molecule has 0 aliphatic heterocycles. The Balaban J connectivity index is 1.50. The molecule has 0 fully saturated rings. The van der Waals surface area contributed by atoms with Crippen LogP contribution in [0.3, 0.4) is 0 Å². The van der Waals surface area contributed by atoms with Gasteiger partial charge >= 0.3 is 0 Å². The van der Waals surface area contributed by atoms with Gasteiger partial charge in [0.1, 0.15) is 24.7 Å². The number of hydrogen-bond donors (Lipinski definition) is 2. The lowest BCUT2D eigenvalue weighted by molar-refractivity contribution is 0.216. The maximum absolute atomic E-state index is 9.18. The van der Waals surface area contributed by atoms with Crippen molar-refractivity contribution in [3.05, 3.63) is 65.9 Å². The Morgan fingerprint density at radius 2 is 1.80 bits per heavy atom. The normalized spacial score (nSPS) is 11.1. The van der Waals surface area contributed by atoms with Gasteiger partial charge in [-0.2, -0.15) is 5.10 Å². The standard InChI is InChI=1S/C24H31N3O3/c1-3-4-12-27(2)17-21-16-25-26-24(21)20-8-10-22(11-9-20)29-13-14-30-23-7-5-6-19(15-23)18-28/h5-11,15-16,28H,3-4,12-14,17-18H2,1-2H3,(H,25,26). The summed E-state index contributed by atoms with van der Waals surface area (Å²) in [5, 5.41) is 16.5. The van der Waals surface area contributed by atoms with Crippen molar-refractivity contribution in [2.45, 2.75) is 32.9 Å². The van der Waals surface area contributed by atoms with Crippen LogP contribution < -0.4 is 9.47 Å². The van der Waals surface area contributed by atoms with E-state index in [1.165, 1.54) is 18.4 Å². The fraction of sp³-hybridized carbons (Fsp3) is 0.375. The van der Waals surface area contributed by atoms with Gasteiger partial charge in [-0.1, -0.05) is 25.5 Å². The topological polar surface area (TPSA) is 70.6 Å². The molecule has 6 nitrogen and oxygen atoms in total. The van der Waals surface area contributed by atoms with Crippen molar-refractivity contribution in [3.63, 3.8) is 0 Å². The summed E-state index contributed by atoms with van der Waals surface area (Å²) in [6.07, 6.45) is 4.31. The zero-order chi connectivity index (χ0) is 21.2. The summed E-state index contributed by atoms with van der Waals surface area (Å²) < 4.78 is 11.5. The largest absolute Gasteiger partial charge is 0.490 e. The molecular formula is C24H31N3O3. The molecule has 0 unspecified atom stereocenters. The van der Waals surface area contributed by atoms with E-state index in [0.29, 0.717) is 13.2 Å². The summed E-state index contributed by atoms with van der Waals surface area (Å²) in [5.74, 6) is 1.53. The maximum Gasteiger partial charge on any atom is 0.122 e. The van der Waals surface area contributed by atoms with Crippen LogP contribution in [0.2, 0.25) is 0 Å². The molecule has 0 atom stereocenters. The summed E-state index contributed by atoms with van der Waals surface area (Å²) in [5.41, 5.74) is 4.17. The van der Waals surface area contributed by atoms with Crippen LogP contribution in [0.25, 0.3) is 11.3 Å². The molecule has 0 saturated heterocycles. The Kier molecular flexibility index (Phi) is 8.30. The number of H-pyrrole nitrogens is 1. The molecule has 160 valence electrons. The lowest BCUT2D eigenvalue weighted by Gasteiger charge is -2.16. The summed E-state index contributed by atoms with van der Waals surface area (Å²) in [4.78, 5) is 2.32. The van der Waals surface area contributed by atoms with E-state index in [-0.39, 0.29) is 6.61 Å². The van der Waals surface area contributed by atoms with Gasteiger partial charge in [-0.25, -0.2) is 0 Å². The number of aromatic amines is 1. The van der Waals surface area contributed by atoms with Crippen LogP contribution in [-0.2, 0) is 13.2 Å². The van der Waals surface area contributed by atoms with E-state index >= 15 is 0 Å². The predicted molar refractivity (Wildman–Crippen MR) is 119 cm³/mol. The molecule has 3 aromatic rings. The molecule has 6 heteroatoms. The Bertz CT molecular complexity index is 893. The van der Waals surface area contributed by atoms with Crippen molar-refractivity contribution in [2.24, 2.45) is 0 Å². The number of benzene rings is 2. The third-order valence-corrected chi connectivity index (χ3v) is 4.90. The van der Waals surface area contributed by atoms with Crippen molar-refractivity contribution in [3.8, 4) is 22.8 Å². The minimum absolute atomic E-state index is 0.00707. The van der Waals surface area contributed by atoms with E-state index in [9.17, 15) is 5.11 Å². The quantitative estimate of drug-likeness (QED) is 0.438. The minimum atomic E-state index is 0.00707. The average molecular weight is 410 g/mol. The average Bonchev–Trinajstić information content (AvgIpc) is 3.24. The van der Waals surface area contributed by atoms with Gasteiger partial charge in [0.05, 0.1) is 18.5 Å². The molecule has 1 heterocycles. The maximum atomic E-state index is 9.18. The van der Waals surface area contributed by atoms with E-state index in [2.05, 4.69) is 29.1 Å². The van der Waals surface area contributed by atoms with Crippen LogP contribution >= 0.6 is 0 Å². The van der Waals surface area contributed by atoms with Gasteiger partial charge in [0.25, 0.3) is 0 Å². The van der Waals surface area contributed by atoms with Crippen LogP contribution in [0, 0.1) is 0 Å². The first-order chi connectivity index (χ1) is 14.7. The fourth-order valence-electron chi connectivity index (χ4n) is 3.25. The highest BCUT2D eigenvalue weighted by Crippen LogP contribution is 2.24. The van der Waals surface area contributed by atoms with Gasteiger partial charge in [0, 0.05) is 17.7 Å². The van der Waals surface area contributed by atoms with Crippen LogP contribution in [0.5, 0.6) is 11.5 Å². The monoisotopic (exact) mass is 409 g/mol. The molecule has 2 N–H and O–H groups in total. The summed E-state index contributed by atoms with van der Waals surface area (Å²) >= 11 is 0. The van der Waals surface area contributed by atoms with Gasteiger partial charge in [-0.15, -0.1) is 0 Å². The van der Waals surface area contributed by atoms with Crippen molar-refractivity contribution < 1.29 is 14.6 Å². The third kappa shape index (κ3) is 6.34. The number of ether oxygens (including phenoxy) is 2. The molecule has 3 rings (SSSR count). The molecule has 30 heavy (non-hydrogen) atoms. The zero-order valence-corrected chi connectivity index (χ0v) is 17.8. The van der Waals surface area contributed by atoms with Crippen molar-refractivity contribution in [2.75, 3.05) is 26.8 Å². The smallest absolute Gasteiger partial charge is 0.122 e. The van der Waals surface area contributed by atoms with E-state index in [4.69, 9.17) is 9.47 Å². The minimum Gasteiger partial charge on any atom is -0.490 e. The number of unbranched alkanes of at least 4 members (excludes halogenated alkanes) is 1. The molecule has 0 radical (unpaired) electrons. The molecular weight excluding hydrogens is 378 g/mol. The first-order valence-corrected chi connectivity index (χ1v) is 10.5. The number of rotatable bonds is 12. The van der Waals surface area contributed by atoms with E-state index < -0.39 is 0 Å². The fourth-order valence-corrected chi connectivity index (χ4v) is 3.25. The molecule has 0 aliphatic carbocycles. The lowest BCUT2D eigenvalue weighted by Crippen LogP contribution is -2.19. The van der Waals surface area contributed by atoms with E-state index in [1.807, 2.05) is 54.7 Å². The number of aliphatic hydroxyl groups is 1. The van der Waals surface area contributed by atoms with Crippen LogP contribution in [0.4, 0.5) is 0 Å². The lowest BCUT2D eigenvalue weighted by atomic mass is 10.1. The first-order valence-electron chi connectivity index (χ1n) is 10.5. The Morgan fingerprint density at radius 3 is 2.53 bits per heavy atom. The van der Waals surface area contributed by atoms with E-state index in [1.54, 1.807) is 0 Å². The van der Waals surface area contributed by atoms with Gasteiger partial charge < -0.3 is 19.5 Å².